The zero-order valence-corrected chi connectivity index (χ0v) is 12.5. The average Bonchev–Trinajstić information content (AvgIpc) is 2.53. The fourth-order valence-electron chi connectivity index (χ4n) is 2.88. The third-order valence-corrected chi connectivity index (χ3v) is 3.96. The smallest absolute Gasteiger partial charge is 0.0271 e. The lowest BCUT2D eigenvalue weighted by molar-refractivity contribution is 0.189. The SMILES string of the molecule is CC(C)CC1CN(Cc2ccncc2)C(C)CCN1. The van der Waals surface area contributed by atoms with E-state index in [0.717, 1.165) is 25.6 Å². The first kappa shape index (κ1) is 14.5. The van der Waals surface area contributed by atoms with Gasteiger partial charge in [-0.1, -0.05) is 13.8 Å². The second-order valence-corrected chi connectivity index (χ2v) is 6.20. The van der Waals surface area contributed by atoms with Crippen LogP contribution in [0.2, 0.25) is 0 Å². The van der Waals surface area contributed by atoms with E-state index in [-0.39, 0.29) is 0 Å². The van der Waals surface area contributed by atoms with Crippen molar-refractivity contribution in [3.8, 4) is 0 Å². The van der Waals surface area contributed by atoms with Crippen LogP contribution in [0.1, 0.15) is 39.2 Å². The molecule has 2 unspecified atom stereocenters. The van der Waals surface area contributed by atoms with E-state index in [0.29, 0.717) is 12.1 Å². The first-order chi connectivity index (χ1) is 9.15. The van der Waals surface area contributed by atoms with Gasteiger partial charge in [0.15, 0.2) is 0 Å². The van der Waals surface area contributed by atoms with E-state index < -0.39 is 0 Å². The van der Waals surface area contributed by atoms with E-state index in [1.165, 1.54) is 18.4 Å². The predicted octanol–water partition coefficient (Wildman–Crippen LogP) is 2.68. The van der Waals surface area contributed by atoms with Crippen LogP contribution in [0.25, 0.3) is 0 Å². The number of nitrogens with one attached hydrogen (secondary N) is 1. The van der Waals surface area contributed by atoms with E-state index in [1.807, 2.05) is 12.4 Å². The Hall–Kier alpha value is -0.930. The number of hydrogen-bond acceptors (Lipinski definition) is 3. The Morgan fingerprint density at radius 2 is 2.11 bits per heavy atom. The fourth-order valence-corrected chi connectivity index (χ4v) is 2.88. The highest BCUT2D eigenvalue weighted by molar-refractivity contribution is 5.09. The Balaban J connectivity index is 1.99. The van der Waals surface area contributed by atoms with Crippen LogP contribution >= 0.6 is 0 Å². The lowest BCUT2D eigenvalue weighted by atomic mass is 10.0. The standard InChI is InChI=1S/C16H27N3/c1-13(2)10-16-12-19(14(3)4-9-18-16)11-15-5-7-17-8-6-15/h5-8,13-14,16,18H,4,9-12H2,1-3H3. The minimum atomic E-state index is 0.631. The van der Waals surface area contributed by atoms with Crippen LogP contribution in [0.3, 0.4) is 0 Å². The lowest BCUT2D eigenvalue weighted by Gasteiger charge is -2.29. The largest absolute Gasteiger partial charge is 0.313 e. The highest BCUT2D eigenvalue weighted by Gasteiger charge is 2.23. The van der Waals surface area contributed by atoms with Crippen molar-refractivity contribution < 1.29 is 0 Å². The topological polar surface area (TPSA) is 28.2 Å². The second kappa shape index (κ2) is 7.01. The number of rotatable bonds is 4. The maximum atomic E-state index is 4.10. The van der Waals surface area contributed by atoms with Gasteiger partial charge in [-0.3, -0.25) is 9.88 Å². The van der Waals surface area contributed by atoms with Gasteiger partial charge in [0, 0.05) is 37.6 Å². The molecule has 2 heterocycles. The van der Waals surface area contributed by atoms with Crippen molar-refractivity contribution in [3.05, 3.63) is 30.1 Å². The number of nitrogens with zero attached hydrogens (tertiary/aromatic N) is 2. The molecule has 1 aliphatic heterocycles. The molecule has 3 nitrogen and oxygen atoms in total. The van der Waals surface area contributed by atoms with Crippen molar-refractivity contribution in [1.29, 1.82) is 0 Å². The van der Waals surface area contributed by atoms with Gasteiger partial charge in [-0.15, -0.1) is 0 Å². The van der Waals surface area contributed by atoms with E-state index in [9.17, 15) is 0 Å². The van der Waals surface area contributed by atoms with Gasteiger partial charge in [0.1, 0.15) is 0 Å². The summed E-state index contributed by atoms with van der Waals surface area (Å²) in [6.45, 7) is 10.3. The third-order valence-electron chi connectivity index (χ3n) is 3.96. The molecule has 1 aromatic rings. The Morgan fingerprint density at radius 1 is 1.37 bits per heavy atom. The lowest BCUT2D eigenvalue weighted by Crippen LogP contribution is -2.40. The summed E-state index contributed by atoms with van der Waals surface area (Å²) in [4.78, 5) is 6.71. The molecular formula is C16H27N3. The zero-order valence-electron chi connectivity index (χ0n) is 12.5. The van der Waals surface area contributed by atoms with Crippen LogP contribution in [0.4, 0.5) is 0 Å². The van der Waals surface area contributed by atoms with Crippen molar-refractivity contribution in [1.82, 2.24) is 15.2 Å². The Labute approximate surface area is 117 Å². The molecule has 1 saturated heterocycles. The van der Waals surface area contributed by atoms with Crippen molar-refractivity contribution in [2.75, 3.05) is 13.1 Å². The maximum absolute atomic E-state index is 4.10. The molecule has 0 aromatic carbocycles. The predicted molar refractivity (Wildman–Crippen MR) is 80.0 cm³/mol. The monoisotopic (exact) mass is 261 g/mol. The molecule has 2 rings (SSSR count). The molecule has 2 atom stereocenters. The van der Waals surface area contributed by atoms with Gasteiger partial charge in [0.2, 0.25) is 0 Å². The highest BCUT2D eigenvalue weighted by Crippen LogP contribution is 2.16. The molecule has 1 aliphatic rings. The average molecular weight is 261 g/mol. The Morgan fingerprint density at radius 3 is 2.79 bits per heavy atom. The van der Waals surface area contributed by atoms with Gasteiger partial charge >= 0.3 is 0 Å². The van der Waals surface area contributed by atoms with Gasteiger partial charge < -0.3 is 5.32 Å². The summed E-state index contributed by atoms with van der Waals surface area (Å²) in [7, 11) is 0. The summed E-state index contributed by atoms with van der Waals surface area (Å²) in [5, 5.41) is 3.71. The van der Waals surface area contributed by atoms with Crippen LogP contribution in [-0.2, 0) is 6.54 Å². The normalized spacial score (nSPS) is 25.5. The molecule has 3 heteroatoms. The highest BCUT2D eigenvalue weighted by atomic mass is 15.2. The van der Waals surface area contributed by atoms with Crippen LogP contribution in [-0.4, -0.2) is 35.1 Å². The molecule has 0 spiro atoms. The molecule has 0 aliphatic carbocycles. The summed E-state index contributed by atoms with van der Waals surface area (Å²) >= 11 is 0. The number of hydrogen-bond donors (Lipinski definition) is 1. The third kappa shape index (κ3) is 4.59. The first-order valence-corrected chi connectivity index (χ1v) is 7.51. The zero-order chi connectivity index (χ0) is 13.7. The van der Waals surface area contributed by atoms with Crippen molar-refractivity contribution in [2.45, 2.75) is 52.2 Å². The van der Waals surface area contributed by atoms with E-state index in [2.05, 4.69) is 48.1 Å². The minimum absolute atomic E-state index is 0.631. The quantitative estimate of drug-likeness (QED) is 0.903. The summed E-state index contributed by atoms with van der Waals surface area (Å²) in [6.07, 6.45) is 6.28. The number of aromatic nitrogens is 1. The fraction of sp³-hybridized carbons (Fsp3) is 0.688. The molecule has 0 saturated carbocycles. The first-order valence-electron chi connectivity index (χ1n) is 7.51. The summed E-state index contributed by atoms with van der Waals surface area (Å²) in [6, 6.07) is 5.54. The molecule has 1 N–H and O–H groups in total. The Bertz CT molecular complexity index is 364. The Kier molecular flexibility index (Phi) is 5.34. The summed E-state index contributed by atoms with van der Waals surface area (Å²) in [5.74, 6) is 0.758. The summed E-state index contributed by atoms with van der Waals surface area (Å²) < 4.78 is 0. The van der Waals surface area contributed by atoms with Gasteiger partial charge in [0.25, 0.3) is 0 Å². The maximum Gasteiger partial charge on any atom is 0.0271 e. The van der Waals surface area contributed by atoms with Crippen LogP contribution in [0, 0.1) is 5.92 Å². The summed E-state index contributed by atoms with van der Waals surface area (Å²) in [5.41, 5.74) is 1.37. The molecule has 0 amide bonds. The number of pyridine rings is 1. The van der Waals surface area contributed by atoms with Gasteiger partial charge in [-0.2, -0.15) is 0 Å². The van der Waals surface area contributed by atoms with Crippen molar-refractivity contribution >= 4 is 0 Å². The van der Waals surface area contributed by atoms with Crippen molar-refractivity contribution in [3.63, 3.8) is 0 Å². The van der Waals surface area contributed by atoms with Crippen molar-refractivity contribution in [2.24, 2.45) is 5.92 Å². The van der Waals surface area contributed by atoms with Gasteiger partial charge in [-0.25, -0.2) is 0 Å². The molecule has 0 radical (unpaired) electrons. The molecule has 0 bridgehead atoms. The van der Waals surface area contributed by atoms with Crippen LogP contribution < -0.4 is 5.32 Å². The van der Waals surface area contributed by atoms with Gasteiger partial charge in [-0.05, 0) is 49.9 Å². The second-order valence-electron chi connectivity index (χ2n) is 6.20. The van der Waals surface area contributed by atoms with Crippen LogP contribution in [0.15, 0.2) is 24.5 Å². The van der Waals surface area contributed by atoms with Crippen LogP contribution in [0.5, 0.6) is 0 Å². The van der Waals surface area contributed by atoms with Gasteiger partial charge in [0.05, 0.1) is 0 Å². The molecule has 19 heavy (non-hydrogen) atoms. The van der Waals surface area contributed by atoms with E-state index in [4.69, 9.17) is 0 Å². The van der Waals surface area contributed by atoms with E-state index in [1.54, 1.807) is 0 Å². The molecule has 1 aromatic heterocycles. The minimum Gasteiger partial charge on any atom is -0.313 e. The molecule has 106 valence electrons. The molecule has 1 fully saturated rings. The van der Waals surface area contributed by atoms with E-state index >= 15 is 0 Å². The molecular weight excluding hydrogens is 234 g/mol.